The number of hydrogen-bond donors (Lipinski definition) is 4. The van der Waals surface area contributed by atoms with Gasteiger partial charge in [-0.05, 0) is 37.3 Å². The van der Waals surface area contributed by atoms with E-state index >= 15 is 0 Å². The molecule has 8 heteroatoms. The number of hydrogen-bond acceptors (Lipinski definition) is 5. The summed E-state index contributed by atoms with van der Waals surface area (Å²) in [6.07, 6.45) is 2.17. The van der Waals surface area contributed by atoms with Gasteiger partial charge in [-0.3, -0.25) is 14.4 Å². The molecule has 0 aliphatic rings. The second kappa shape index (κ2) is 13.3. The van der Waals surface area contributed by atoms with Gasteiger partial charge in [-0.2, -0.15) is 0 Å². The Bertz CT molecular complexity index is 655. The summed E-state index contributed by atoms with van der Waals surface area (Å²) in [7, 11) is 0. The van der Waals surface area contributed by atoms with Gasteiger partial charge in [0.25, 0.3) is 0 Å². The maximum Gasteiger partial charge on any atom is 0.243 e. The van der Waals surface area contributed by atoms with Crippen molar-refractivity contribution in [2.75, 3.05) is 12.4 Å². The molecule has 162 valence electrons. The third-order valence-electron chi connectivity index (χ3n) is 4.72. The normalized spacial score (nSPS) is 14.1. The fourth-order valence-corrected chi connectivity index (χ4v) is 2.99. The molecule has 0 unspecified atom stereocenters. The second-order valence-electron chi connectivity index (χ2n) is 7.47. The van der Waals surface area contributed by atoms with E-state index in [2.05, 4.69) is 10.6 Å². The molecule has 0 saturated heterocycles. The maximum absolute atomic E-state index is 13.0. The fraction of sp³-hybridized carbons (Fsp3) is 0.571. The molecule has 7 nitrogen and oxygen atoms in total. The average Bonchev–Trinajstić information content (AvgIpc) is 2.71. The number of alkyl halides is 1. The van der Waals surface area contributed by atoms with Gasteiger partial charge < -0.3 is 22.1 Å². The van der Waals surface area contributed by atoms with Crippen LogP contribution in [0, 0.1) is 5.92 Å². The van der Waals surface area contributed by atoms with Gasteiger partial charge in [0, 0.05) is 6.42 Å². The van der Waals surface area contributed by atoms with Gasteiger partial charge in [-0.15, -0.1) is 11.6 Å². The number of halogens is 1. The summed E-state index contributed by atoms with van der Waals surface area (Å²) < 4.78 is 0. The molecule has 29 heavy (non-hydrogen) atoms. The number of Topliss-reactive ketones (excluding diaryl/α,β-unsaturated/α-hetero) is 1. The number of amides is 2. The summed E-state index contributed by atoms with van der Waals surface area (Å²) in [6, 6.07) is 7.05. The highest BCUT2D eigenvalue weighted by Crippen LogP contribution is 2.08. The molecule has 0 aromatic heterocycles. The Hall–Kier alpha value is -1.96. The molecule has 0 fully saturated rings. The molecule has 0 aliphatic carbocycles. The van der Waals surface area contributed by atoms with E-state index in [0.29, 0.717) is 19.4 Å². The van der Waals surface area contributed by atoms with Crippen LogP contribution in [0.15, 0.2) is 30.3 Å². The van der Waals surface area contributed by atoms with Crippen molar-refractivity contribution in [1.29, 1.82) is 0 Å². The topological polar surface area (TPSA) is 127 Å². The first-order valence-corrected chi connectivity index (χ1v) is 10.5. The summed E-state index contributed by atoms with van der Waals surface area (Å²) in [4.78, 5) is 37.6. The number of benzene rings is 1. The minimum Gasteiger partial charge on any atom is -0.344 e. The zero-order chi connectivity index (χ0) is 21.8. The first kappa shape index (κ1) is 25.1. The summed E-state index contributed by atoms with van der Waals surface area (Å²) >= 11 is 5.70. The van der Waals surface area contributed by atoms with Crippen LogP contribution in [0.25, 0.3) is 0 Å². The molecule has 0 aliphatic heterocycles. The molecule has 2 amide bonds. The monoisotopic (exact) mass is 424 g/mol. The van der Waals surface area contributed by atoms with Crippen LogP contribution >= 0.6 is 11.6 Å². The summed E-state index contributed by atoms with van der Waals surface area (Å²) in [5, 5.41) is 5.49. The molecule has 0 bridgehead atoms. The minimum absolute atomic E-state index is 0.0720. The Balaban J connectivity index is 2.94. The fourth-order valence-electron chi connectivity index (χ4n) is 2.80. The number of unbranched alkanes of at least 4 members (excludes halogenated alkanes) is 1. The maximum atomic E-state index is 13.0. The Morgan fingerprint density at radius 1 is 1.00 bits per heavy atom. The molecule has 1 aromatic rings. The summed E-state index contributed by atoms with van der Waals surface area (Å²) in [6.45, 7) is 4.18. The minimum atomic E-state index is -0.852. The van der Waals surface area contributed by atoms with Crippen LogP contribution in [0.5, 0.6) is 0 Å². The quantitative estimate of drug-likeness (QED) is 0.278. The lowest BCUT2D eigenvalue weighted by atomic mass is 10.0. The van der Waals surface area contributed by atoms with Gasteiger partial charge in [0.15, 0.2) is 5.78 Å². The standard InChI is InChI=1S/C21H33ClN4O3/c1-14(2)19(24)21(29)26-17(12-15-8-4-3-5-9-15)20(28)25-16(18(27)13-22)10-6-7-11-23/h3-5,8-9,14,16-17,19H,6-7,10-13,23-24H2,1-2H3,(H,25,28)(H,26,29)/t16-,17-,19-/m0/s1. The van der Waals surface area contributed by atoms with E-state index in [1.54, 1.807) is 0 Å². The van der Waals surface area contributed by atoms with Crippen molar-refractivity contribution in [3.05, 3.63) is 35.9 Å². The number of carbonyl (C=O) groups excluding carboxylic acids is 3. The van der Waals surface area contributed by atoms with Gasteiger partial charge in [-0.25, -0.2) is 0 Å². The van der Waals surface area contributed by atoms with Crippen molar-refractivity contribution in [1.82, 2.24) is 10.6 Å². The van der Waals surface area contributed by atoms with Gasteiger partial charge in [0.2, 0.25) is 11.8 Å². The number of nitrogens with one attached hydrogen (secondary N) is 2. The van der Waals surface area contributed by atoms with Crippen LogP contribution in [-0.2, 0) is 20.8 Å². The van der Waals surface area contributed by atoms with Crippen molar-refractivity contribution in [2.45, 2.75) is 57.7 Å². The first-order valence-electron chi connectivity index (χ1n) is 9.99. The smallest absolute Gasteiger partial charge is 0.243 e. The number of rotatable bonds is 13. The average molecular weight is 425 g/mol. The largest absolute Gasteiger partial charge is 0.344 e. The molecule has 6 N–H and O–H groups in total. The molecule has 1 aromatic carbocycles. The molecule has 0 spiro atoms. The van der Waals surface area contributed by atoms with E-state index in [9.17, 15) is 14.4 Å². The first-order chi connectivity index (χ1) is 13.8. The highest BCUT2D eigenvalue weighted by molar-refractivity contribution is 6.28. The van der Waals surface area contributed by atoms with Gasteiger partial charge in [0.05, 0.1) is 18.0 Å². The zero-order valence-electron chi connectivity index (χ0n) is 17.2. The van der Waals surface area contributed by atoms with E-state index in [0.717, 1.165) is 12.0 Å². The lowest BCUT2D eigenvalue weighted by molar-refractivity contribution is -0.131. The number of carbonyl (C=O) groups is 3. The number of ketones is 1. The predicted molar refractivity (Wildman–Crippen MR) is 115 cm³/mol. The molecule has 3 atom stereocenters. The van der Waals surface area contributed by atoms with Crippen LogP contribution in [-0.4, -0.2) is 48.1 Å². The predicted octanol–water partition coefficient (Wildman–Crippen LogP) is 1.12. The van der Waals surface area contributed by atoms with E-state index in [-0.39, 0.29) is 24.0 Å². The van der Waals surface area contributed by atoms with Crippen molar-refractivity contribution in [2.24, 2.45) is 17.4 Å². The highest BCUT2D eigenvalue weighted by atomic mass is 35.5. The van der Waals surface area contributed by atoms with Crippen LogP contribution < -0.4 is 22.1 Å². The lowest BCUT2D eigenvalue weighted by Gasteiger charge is -2.24. The van der Waals surface area contributed by atoms with Crippen molar-refractivity contribution in [3.63, 3.8) is 0 Å². The molecule has 0 heterocycles. The zero-order valence-corrected chi connectivity index (χ0v) is 18.0. The van der Waals surface area contributed by atoms with Gasteiger partial charge in [-0.1, -0.05) is 44.2 Å². The SMILES string of the molecule is CC(C)[C@H](N)C(=O)N[C@@H](Cc1ccccc1)C(=O)N[C@@H](CCCCN)C(=O)CCl. The summed E-state index contributed by atoms with van der Waals surface area (Å²) in [5.41, 5.74) is 12.3. The van der Waals surface area contributed by atoms with Crippen LogP contribution in [0.3, 0.4) is 0 Å². The molecular formula is C21H33ClN4O3. The van der Waals surface area contributed by atoms with Crippen LogP contribution in [0.4, 0.5) is 0 Å². The third kappa shape index (κ3) is 8.94. The van der Waals surface area contributed by atoms with E-state index in [4.69, 9.17) is 23.1 Å². The Morgan fingerprint density at radius 3 is 2.17 bits per heavy atom. The van der Waals surface area contributed by atoms with E-state index < -0.39 is 29.9 Å². The van der Waals surface area contributed by atoms with Crippen molar-refractivity contribution in [3.8, 4) is 0 Å². The van der Waals surface area contributed by atoms with Gasteiger partial charge >= 0.3 is 0 Å². The highest BCUT2D eigenvalue weighted by Gasteiger charge is 2.28. The molecule has 1 rings (SSSR count). The third-order valence-corrected chi connectivity index (χ3v) is 4.98. The van der Waals surface area contributed by atoms with E-state index in [1.165, 1.54) is 0 Å². The van der Waals surface area contributed by atoms with Crippen molar-refractivity contribution < 1.29 is 14.4 Å². The summed E-state index contributed by atoms with van der Waals surface area (Å²) in [5.74, 6) is -1.37. The molecule has 0 saturated carbocycles. The molecular weight excluding hydrogens is 392 g/mol. The Kier molecular flexibility index (Phi) is 11.5. The van der Waals surface area contributed by atoms with Crippen molar-refractivity contribution >= 4 is 29.2 Å². The Morgan fingerprint density at radius 2 is 1.62 bits per heavy atom. The lowest BCUT2D eigenvalue weighted by Crippen LogP contribution is -2.56. The van der Waals surface area contributed by atoms with E-state index in [1.807, 2.05) is 44.2 Å². The second-order valence-corrected chi connectivity index (χ2v) is 7.73. The molecule has 0 radical (unpaired) electrons. The Labute approximate surface area is 177 Å². The van der Waals surface area contributed by atoms with Gasteiger partial charge in [0.1, 0.15) is 6.04 Å². The van der Waals surface area contributed by atoms with Crippen LogP contribution in [0.1, 0.15) is 38.7 Å². The number of nitrogens with two attached hydrogens (primary N) is 2. The van der Waals surface area contributed by atoms with Crippen LogP contribution in [0.2, 0.25) is 0 Å².